The molecule has 0 saturated carbocycles. The number of hydrogen-bond acceptors (Lipinski definition) is 7. The fourth-order valence-corrected chi connectivity index (χ4v) is 8.15. The van der Waals surface area contributed by atoms with Gasteiger partial charge in [-0.2, -0.15) is 0 Å². The fraction of sp³-hybridized carbons (Fsp3) is 0.344. The van der Waals surface area contributed by atoms with Gasteiger partial charge in [0.25, 0.3) is 5.56 Å². The maximum absolute atomic E-state index is 14.1. The van der Waals surface area contributed by atoms with Gasteiger partial charge in [-0.05, 0) is 67.1 Å². The standard InChI is InChI=1S/C32H33N3O3S2/c1-32(2)24-11-8-9-12-25(24)34(3)27(32)18-21(36)19-39-31-33-29-28(23-10-6-5-7-13-26(23)40-29)30(37)35(31)20-14-16-22(38-4)17-15-20/h8-9,11-12,14-18H,5-7,10,13,19H2,1-4H3. The van der Waals surface area contributed by atoms with Crippen LogP contribution >= 0.6 is 23.1 Å². The third-order valence-electron chi connectivity index (χ3n) is 8.12. The molecule has 6 rings (SSSR count). The second-order valence-corrected chi connectivity index (χ2v) is 13.0. The van der Waals surface area contributed by atoms with E-state index in [2.05, 4.69) is 30.9 Å². The van der Waals surface area contributed by atoms with Gasteiger partial charge in [0.05, 0.1) is 23.9 Å². The molecule has 0 amide bonds. The molecule has 3 heterocycles. The molecule has 0 spiro atoms. The lowest BCUT2D eigenvalue weighted by molar-refractivity contribution is -0.112. The number of ketones is 1. The zero-order valence-corrected chi connectivity index (χ0v) is 25.0. The summed E-state index contributed by atoms with van der Waals surface area (Å²) in [6.45, 7) is 4.30. The van der Waals surface area contributed by atoms with Crippen LogP contribution < -0.4 is 15.2 Å². The van der Waals surface area contributed by atoms with Crippen LogP contribution in [0.15, 0.2) is 70.3 Å². The second-order valence-electron chi connectivity index (χ2n) is 11.0. The fourth-order valence-electron chi connectivity index (χ4n) is 6.01. The molecule has 2 aromatic heterocycles. The van der Waals surface area contributed by atoms with E-state index in [9.17, 15) is 9.59 Å². The summed E-state index contributed by atoms with van der Waals surface area (Å²) in [6, 6.07) is 15.7. The van der Waals surface area contributed by atoms with Gasteiger partial charge in [0, 0.05) is 34.8 Å². The maximum atomic E-state index is 14.1. The Balaban J connectivity index is 1.37. The first-order chi connectivity index (χ1) is 19.3. The van der Waals surface area contributed by atoms with E-state index in [1.165, 1.54) is 34.2 Å². The maximum Gasteiger partial charge on any atom is 0.267 e. The van der Waals surface area contributed by atoms with Crippen molar-refractivity contribution in [1.82, 2.24) is 9.55 Å². The largest absolute Gasteiger partial charge is 0.497 e. The van der Waals surface area contributed by atoms with Gasteiger partial charge in [-0.25, -0.2) is 4.98 Å². The zero-order chi connectivity index (χ0) is 28.0. The molecule has 0 bridgehead atoms. The molecule has 40 heavy (non-hydrogen) atoms. The molecule has 6 nitrogen and oxygen atoms in total. The molecular formula is C32H33N3O3S2. The Kier molecular flexibility index (Phi) is 7.09. The van der Waals surface area contributed by atoms with Crippen LogP contribution in [0.3, 0.4) is 0 Å². The van der Waals surface area contributed by atoms with Crippen molar-refractivity contribution in [3.05, 3.63) is 86.7 Å². The Hall–Kier alpha value is -3.36. The van der Waals surface area contributed by atoms with Gasteiger partial charge in [0.1, 0.15) is 10.6 Å². The summed E-state index contributed by atoms with van der Waals surface area (Å²) in [5, 5.41) is 1.27. The Morgan fingerprint density at radius 1 is 1.10 bits per heavy atom. The number of aromatic nitrogens is 2. The summed E-state index contributed by atoms with van der Waals surface area (Å²) in [6.07, 6.45) is 7.10. The van der Waals surface area contributed by atoms with Crippen molar-refractivity contribution in [1.29, 1.82) is 0 Å². The number of ether oxygens (including phenoxy) is 1. The van der Waals surface area contributed by atoms with Crippen molar-refractivity contribution in [3.8, 4) is 11.4 Å². The summed E-state index contributed by atoms with van der Waals surface area (Å²) < 4.78 is 7.01. The van der Waals surface area contributed by atoms with E-state index in [1.807, 2.05) is 43.4 Å². The molecule has 2 aromatic carbocycles. The minimum atomic E-state index is -0.275. The first-order valence-corrected chi connectivity index (χ1v) is 15.5. The van der Waals surface area contributed by atoms with E-state index < -0.39 is 0 Å². The highest BCUT2D eigenvalue weighted by atomic mass is 32.2. The number of fused-ring (bicyclic) bond motifs is 4. The van der Waals surface area contributed by atoms with Gasteiger partial charge >= 0.3 is 0 Å². The molecule has 0 unspecified atom stereocenters. The predicted octanol–water partition coefficient (Wildman–Crippen LogP) is 6.70. The van der Waals surface area contributed by atoms with Gasteiger partial charge in [0.15, 0.2) is 10.9 Å². The second kappa shape index (κ2) is 10.6. The molecule has 8 heteroatoms. The number of thiophene rings is 1. The third-order valence-corrected chi connectivity index (χ3v) is 10.3. The van der Waals surface area contributed by atoms with E-state index in [1.54, 1.807) is 29.1 Å². The van der Waals surface area contributed by atoms with Crippen LogP contribution in [0, 0.1) is 0 Å². The minimum Gasteiger partial charge on any atom is -0.497 e. The molecule has 0 atom stereocenters. The van der Waals surface area contributed by atoms with Crippen LogP contribution in [0.4, 0.5) is 5.69 Å². The molecule has 4 aromatic rings. The Bertz CT molecular complexity index is 1700. The molecule has 0 N–H and O–H groups in total. The van der Waals surface area contributed by atoms with Crippen LogP contribution in [0.25, 0.3) is 15.9 Å². The van der Waals surface area contributed by atoms with Crippen LogP contribution in [0.1, 0.15) is 49.1 Å². The number of thioether (sulfide) groups is 1. The van der Waals surface area contributed by atoms with E-state index in [0.717, 1.165) is 53.0 Å². The van der Waals surface area contributed by atoms with Crippen LogP contribution in [0.5, 0.6) is 5.75 Å². The number of anilines is 1. The number of likely N-dealkylation sites (N-methyl/N-ethyl adjacent to an activating group) is 1. The summed E-state index contributed by atoms with van der Waals surface area (Å²) in [7, 11) is 3.63. The number of benzene rings is 2. The summed E-state index contributed by atoms with van der Waals surface area (Å²) in [4.78, 5) is 36.7. The van der Waals surface area contributed by atoms with Gasteiger partial charge in [0.2, 0.25) is 0 Å². The van der Waals surface area contributed by atoms with Gasteiger partial charge in [-0.3, -0.25) is 14.2 Å². The normalized spacial score (nSPS) is 17.1. The third kappa shape index (κ3) is 4.57. The lowest BCUT2D eigenvalue weighted by Crippen LogP contribution is -2.24. The molecule has 0 radical (unpaired) electrons. The van der Waals surface area contributed by atoms with Gasteiger partial charge < -0.3 is 9.64 Å². The van der Waals surface area contributed by atoms with Gasteiger partial charge in [-0.1, -0.05) is 50.2 Å². The predicted molar refractivity (Wildman–Crippen MR) is 165 cm³/mol. The highest BCUT2D eigenvalue weighted by Crippen LogP contribution is 2.46. The number of carbonyl (C=O) groups is 1. The molecule has 0 saturated heterocycles. The number of aryl methyl sites for hydroxylation is 2. The molecule has 1 aliphatic carbocycles. The van der Waals surface area contributed by atoms with E-state index in [4.69, 9.17) is 9.72 Å². The van der Waals surface area contributed by atoms with Crippen LogP contribution in [0.2, 0.25) is 0 Å². The number of nitrogens with zero attached hydrogens (tertiary/aromatic N) is 3. The summed E-state index contributed by atoms with van der Waals surface area (Å²) >= 11 is 2.97. The van der Waals surface area contributed by atoms with Crippen molar-refractivity contribution in [3.63, 3.8) is 0 Å². The first-order valence-electron chi connectivity index (χ1n) is 13.7. The Labute approximate surface area is 242 Å². The lowest BCUT2D eigenvalue weighted by Gasteiger charge is -2.24. The topological polar surface area (TPSA) is 64.4 Å². The zero-order valence-electron chi connectivity index (χ0n) is 23.3. The highest BCUT2D eigenvalue weighted by Gasteiger charge is 2.38. The molecule has 2 aliphatic rings. The van der Waals surface area contributed by atoms with Crippen LogP contribution in [-0.4, -0.2) is 35.2 Å². The molecule has 0 fully saturated rings. The van der Waals surface area contributed by atoms with Crippen LogP contribution in [-0.2, 0) is 23.1 Å². The Morgan fingerprint density at radius 2 is 1.85 bits per heavy atom. The monoisotopic (exact) mass is 571 g/mol. The average molecular weight is 572 g/mol. The number of carbonyl (C=O) groups excluding carboxylic acids is 1. The van der Waals surface area contributed by atoms with E-state index in [0.29, 0.717) is 10.8 Å². The molecule has 1 aliphatic heterocycles. The highest BCUT2D eigenvalue weighted by molar-refractivity contribution is 7.99. The quantitative estimate of drug-likeness (QED) is 0.111. The van der Waals surface area contributed by atoms with Crippen molar-refractivity contribution < 1.29 is 9.53 Å². The Morgan fingerprint density at radius 3 is 2.60 bits per heavy atom. The number of methoxy groups -OCH3 is 1. The van der Waals surface area contributed by atoms with Crippen molar-refractivity contribution in [2.75, 3.05) is 24.8 Å². The summed E-state index contributed by atoms with van der Waals surface area (Å²) in [5.41, 5.74) is 4.85. The van der Waals surface area contributed by atoms with Crippen molar-refractivity contribution >= 4 is 44.8 Å². The SMILES string of the molecule is COc1ccc(-n2c(SCC(=O)C=C3N(C)c4ccccc4C3(C)C)nc3sc4c(c3c2=O)CCCCC4)cc1. The number of para-hydroxylation sites is 1. The number of allylic oxidation sites excluding steroid dienone is 2. The average Bonchev–Trinajstić information content (AvgIpc) is 3.27. The lowest BCUT2D eigenvalue weighted by atomic mass is 9.83. The molecule has 206 valence electrons. The number of rotatable bonds is 6. The summed E-state index contributed by atoms with van der Waals surface area (Å²) in [5.74, 6) is 0.893. The van der Waals surface area contributed by atoms with Crippen molar-refractivity contribution in [2.24, 2.45) is 0 Å². The van der Waals surface area contributed by atoms with E-state index >= 15 is 0 Å². The van der Waals surface area contributed by atoms with E-state index in [-0.39, 0.29) is 22.5 Å². The first kappa shape index (κ1) is 26.8. The smallest absolute Gasteiger partial charge is 0.267 e. The van der Waals surface area contributed by atoms with Crippen molar-refractivity contribution in [2.45, 2.75) is 56.5 Å². The molecular weight excluding hydrogens is 539 g/mol. The van der Waals surface area contributed by atoms with Gasteiger partial charge in [-0.15, -0.1) is 11.3 Å². The number of hydrogen-bond donors (Lipinski definition) is 0. The minimum absolute atomic E-state index is 0.00896.